The average Bonchev–Trinajstić information content (AvgIpc) is 2.83. The number of hydrogen-bond acceptors (Lipinski definition) is 6. The smallest absolute Gasteiger partial charge is 0.260 e. The van der Waals surface area contributed by atoms with Gasteiger partial charge in [0.05, 0.1) is 18.6 Å². The van der Waals surface area contributed by atoms with E-state index < -0.39 is 17.6 Å². The van der Waals surface area contributed by atoms with Gasteiger partial charge in [0.15, 0.2) is 6.61 Å². The number of aromatic nitrogens is 1. The van der Waals surface area contributed by atoms with Crippen LogP contribution >= 0.6 is 0 Å². The lowest BCUT2D eigenvalue weighted by Crippen LogP contribution is -2.51. The summed E-state index contributed by atoms with van der Waals surface area (Å²) in [5.41, 5.74) is 1.24. The van der Waals surface area contributed by atoms with E-state index in [0.717, 1.165) is 11.1 Å². The van der Waals surface area contributed by atoms with Crippen molar-refractivity contribution in [2.45, 2.75) is 44.3 Å². The highest BCUT2D eigenvalue weighted by atomic mass is 16.5. The fourth-order valence-electron chi connectivity index (χ4n) is 5.04. The molecule has 34 heavy (non-hydrogen) atoms. The number of aliphatic hydroxyl groups is 2. The van der Waals surface area contributed by atoms with Gasteiger partial charge in [-0.1, -0.05) is 24.3 Å². The van der Waals surface area contributed by atoms with Crippen LogP contribution in [0.15, 0.2) is 48.8 Å². The minimum atomic E-state index is -0.952. The molecular weight excluding hydrogens is 434 g/mol. The maximum absolute atomic E-state index is 12.8. The quantitative estimate of drug-likeness (QED) is 0.693. The molecule has 1 aromatic heterocycles. The summed E-state index contributed by atoms with van der Waals surface area (Å²) < 4.78 is 5.77. The van der Waals surface area contributed by atoms with Gasteiger partial charge in [-0.05, 0) is 47.9 Å². The van der Waals surface area contributed by atoms with Gasteiger partial charge >= 0.3 is 0 Å². The molecule has 0 radical (unpaired) electrons. The third-order valence-corrected chi connectivity index (χ3v) is 7.09. The van der Waals surface area contributed by atoms with E-state index >= 15 is 0 Å². The molecule has 8 heteroatoms. The molecule has 2 aliphatic heterocycles. The van der Waals surface area contributed by atoms with E-state index in [1.807, 2.05) is 35.2 Å². The molecule has 1 fully saturated rings. The summed E-state index contributed by atoms with van der Waals surface area (Å²) in [7, 11) is 1.74. The Morgan fingerprint density at radius 1 is 1.15 bits per heavy atom. The minimum absolute atomic E-state index is 0.0472. The van der Waals surface area contributed by atoms with Crippen LogP contribution in [0.5, 0.6) is 5.75 Å². The molecule has 1 saturated heterocycles. The summed E-state index contributed by atoms with van der Waals surface area (Å²) in [6, 6.07) is 11.0. The number of rotatable bonds is 2. The third-order valence-electron chi connectivity index (χ3n) is 7.09. The molecule has 2 atom stereocenters. The molecule has 3 heterocycles. The van der Waals surface area contributed by atoms with Gasteiger partial charge in [0, 0.05) is 45.5 Å². The zero-order chi connectivity index (χ0) is 24.1. The number of likely N-dealkylation sites (tertiary alicyclic amines) is 1. The maximum atomic E-state index is 12.8. The van der Waals surface area contributed by atoms with Gasteiger partial charge in [-0.3, -0.25) is 14.6 Å². The second-order valence-electron chi connectivity index (χ2n) is 9.61. The number of benzene rings is 1. The second kappa shape index (κ2) is 10.5. The number of likely N-dealkylation sites (N-methyl/N-ethyl adjacent to an activating group) is 1. The first-order valence-corrected chi connectivity index (χ1v) is 11.8. The molecule has 182 valence electrons. The SMILES string of the molecule is CN1CC2(CCN(C(=O)Cc3cccnc3)CC2)C[C@@H](O)[C@@H](O)Cc2ccccc2OCC1=O. The molecule has 0 saturated carbocycles. The van der Waals surface area contributed by atoms with Crippen LogP contribution in [0.3, 0.4) is 0 Å². The maximum Gasteiger partial charge on any atom is 0.260 e. The lowest BCUT2D eigenvalue weighted by molar-refractivity contribution is -0.138. The summed E-state index contributed by atoms with van der Waals surface area (Å²) in [6.07, 6.45) is 3.68. The lowest BCUT2D eigenvalue weighted by Gasteiger charge is -2.45. The zero-order valence-electron chi connectivity index (χ0n) is 19.6. The van der Waals surface area contributed by atoms with Crippen molar-refractivity contribution in [3.05, 3.63) is 59.9 Å². The molecule has 1 spiro atoms. The summed E-state index contributed by atoms with van der Waals surface area (Å²) >= 11 is 0. The van der Waals surface area contributed by atoms with E-state index in [4.69, 9.17) is 4.74 Å². The Morgan fingerprint density at radius 2 is 1.91 bits per heavy atom. The van der Waals surface area contributed by atoms with Gasteiger partial charge in [0.2, 0.25) is 5.91 Å². The Morgan fingerprint density at radius 3 is 2.65 bits per heavy atom. The minimum Gasteiger partial charge on any atom is -0.483 e. The van der Waals surface area contributed by atoms with E-state index in [-0.39, 0.29) is 24.8 Å². The van der Waals surface area contributed by atoms with Crippen LogP contribution in [0.2, 0.25) is 0 Å². The van der Waals surface area contributed by atoms with Gasteiger partial charge in [-0.15, -0.1) is 0 Å². The Bertz CT molecular complexity index is 991. The van der Waals surface area contributed by atoms with Crippen molar-refractivity contribution in [1.82, 2.24) is 14.8 Å². The molecule has 0 aliphatic carbocycles. The summed E-state index contributed by atoms with van der Waals surface area (Å²) in [4.78, 5) is 33.2. The molecule has 2 aliphatic rings. The highest BCUT2D eigenvalue weighted by Crippen LogP contribution is 2.38. The molecule has 0 unspecified atom stereocenters. The van der Waals surface area contributed by atoms with Crippen molar-refractivity contribution in [3.8, 4) is 5.75 Å². The van der Waals surface area contributed by atoms with Crippen molar-refractivity contribution >= 4 is 11.8 Å². The number of nitrogens with zero attached hydrogens (tertiary/aromatic N) is 3. The predicted octanol–water partition coefficient (Wildman–Crippen LogP) is 1.44. The first-order valence-electron chi connectivity index (χ1n) is 11.8. The number of piperidine rings is 1. The number of aliphatic hydroxyl groups excluding tert-OH is 2. The molecule has 2 amide bonds. The highest BCUT2D eigenvalue weighted by molar-refractivity contribution is 5.79. The Hall–Kier alpha value is -2.97. The first-order chi connectivity index (χ1) is 16.3. The number of fused-ring (bicyclic) bond motifs is 1. The van der Waals surface area contributed by atoms with Gasteiger partial charge < -0.3 is 24.7 Å². The zero-order valence-corrected chi connectivity index (χ0v) is 19.6. The van der Waals surface area contributed by atoms with Crippen LogP contribution in [0.1, 0.15) is 30.4 Å². The number of carbonyl (C=O) groups excluding carboxylic acids is 2. The third kappa shape index (κ3) is 5.74. The van der Waals surface area contributed by atoms with Gasteiger partial charge in [0.1, 0.15) is 5.75 Å². The van der Waals surface area contributed by atoms with E-state index in [2.05, 4.69) is 4.98 Å². The Balaban J connectivity index is 1.48. The summed E-state index contributed by atoms with van der Waals surface area (Å²) in [5, 5.41) is 21.7. The molecular formula is C26H33N3O5. The Kier molecular flexibility index (Phi) is 7.48. The molecule has 4 rings (SSSR count). The average molecular weight is 468 g/mol. The number of hydrogen-bond donors (Lipinski definition) is 2. The molecule has 2 N–H and O–H groups in total. The van der Waals surface area contributed by atoms with Crippen LogP contribution in [-0.4, -0.2) is 82.3 Å². The van der Waals surface area contributed by atoms with E-state index in [1.54, 1.807) is 30.4 Å². The normalized spacial score (nSPS) is 23.4. The van der Waals surface area contributed by atoms with Crippen molar-refractivity contribution < 1.29 is 24.5 Å². The van der Waals surface area contributed by atoms with Crippen molar-refractivity contribution in [2.24, 2.45) is 5.41 Å². The Labute approximate surface area is 200 Å². The molecule has 0 bridgehead atoms. The topological polar surface area (TPSA) is 103 Å². The van der Waals surface area contributed by atoms with E-state index in [1.165, 1.54) is 0 Å². The van der Waals surface area contributed by atoms with Crippen LogP contribution < -0.4 is 4.74 Å². The largest absolute Gasteiger partial charge is 0.483 e. The van der Waals surface area contributed by atoms with E-state index in [9.17, 15) is 19.8 Å². The number of ether oxygens (including phenoxy) is 1. The standard InChI is InChI=1S/C26H33N3O5/c1-28-18-26(8-11-29(12-9-26)24(32)13-19-5-4-10-27-16-19)15-22(31)21(30)14-20-6-2-3-7-23(20)34-17-25(28)33/h2-7,10,16,21-22,30-31H,8-9,11-15,17-18H2,1H3/t21-,22+/m0/s1. The number of pyridine rings is 1. The molecule has 1 aromatic carbocycles. The van der Waals surface area contributed by atoms with E-state index in [0.29, 0.717) is 51.1 Å². The fourth-order valence-corrected chi connectivity index (χ4v) is 5.04. The fraction of sp³-hybridized carbons (Fsp3) is 0.500. The predicted molar refractivity (Wildman–Crippen MR) is 126 cm³/mol. The van der Waals surface area contributed by atoms with Crippen molar-refractivity contribution in [2.75, 3.05) is 33.3 Å². The summed E-state index contributed by atoms with van der Waals surface area (Å²) in [6.45, 7) is 1.44. The second-order valence-corrected chi connectivity index (χ2v) is 9.61. The van der Waals surface area contributed by atoms with Crippen LogP contribution in [0, 0.1) is 5.41 Å². The first kappa shape index (κ1) is 24.2. The van der Waals surface area contributed by atoms with Crippen molar-refractivity contribution in [1.29, 1.82) is 0 Å². The van der Waals surface area contributed by atoms with Gasteiger partial charge in [0.25, 0.3) is 5.91 Å². The number of carbonyl (C=O) groups is 2. The van der Waals surface area contributed by atoms with Gasteiger partial charge in [-0.25, -0.2) is 0 Å². The lowest BCUT2D eigenvalue weighted by atomic mass is 9.72. The molecule has 2 aromatic rings. The monoisotopic (exact) mass is 467 g/mol. The van der Waals surface area contributed by atoms with Crippen LogP contribution in [0.4, 0.5) is 0 Å². The number of para-hydroxylation sites is 1. The summed E-state index contributed by atoms with van der Waals surface area (Å²) in [5.74, 6) is 0.456. The number of amides is 2. The van der Waals surface area contributed by atoms with Crippen LogP contribution in [-0.2, 0) is 22.4 Å². The van der Waals surface area contributed by atoms with Gasteiger partial charge in [-0.2, -0.15) is 0 Å². The highest BCUT2D eigenvalue weighted by Gasteiger charge is 2.40. The van der Waals surface area contributed by atoms with Crippen molar-refractivity contribution in [3.63, 3.8) is 0 Å². The molecule has 8 nitrogen and oxygen atoms in total. The van der Waals surface area contributed by atoms with Crippen LogP contribution in [0.25, 0.3) is 0 Å².